The van der Waals surface area contributed by atoms with Crippen molar-refractivity contribution in [1.82, 2.24) is 0 Å². The van der Waals surface area contributed by atoms with Gasteiger partial charge in [0.2, 0.25) is 0 Å². The van der Waals surface area contributed by atoms with Gasteiger partial charge in [-0.2, -0.15) is 30.3 Å². The minimum atomic E-state index is -0.288. The molecule has 1 rings (SSSR count). The van der Waals surface area contributed by atoms with Crippen LogP contribution in [0.1, 0.15) is 17.3 Å². The topological polar surface area (TPSA) is 26.3 Å². The van der Waals surface area contributed by atoms with Gasteiger partial charge in [-0.3, -0.25) is 4.79 Å². The Bertz CT molecular complexity index is 239. The van der Waals surface area contributed by atoms with E-state index in [1.807, 2.05) is 0 Å². The largest absolute Gasteiger partial charge is 2.00 e. The molecule has 1 aromatic rings. The Labute approximate surface area is 111 Å². The summed E-state index contributed by atoms with van der Waals surface area (Å²) in [5.41, 5.74) is 0.550. The number of rotatable bonds is 2. The average molecular weight is 300 g/mol. The fourth-order valence-electron chi connectivity index (χ4n) is 0.735. The van der Waals surface area contributed by atoms with Gasteiger partial charge in [0, 0.05) is 0 Å². The Hall–Kier alpha value is 0.186. The number of halogens is 1. The molecule has 0 aliphatic rings. The molecule has 0 aliphatic carbocycles. The second-order valence-corrected chi connectivity index (χ2v) is 2.01. The standard InChI is InChI=1S/C9H9O2.HI.Mg/c1-2-11-9(10)8-6-4-3-5-7-8;;/h3-4,6-7H,2H2,1H3;1H;/q-1;;+2/p-1. The first-order valence-corrected chi connectivity index (χ1v) is 3.48. The monoisotopic (exact) mass is 300 g/mol. The van der Waals surface area contributed by atoms with E-state index in [4.69, 9.17) is 4.74 Å². The molecule has 13 heavy (non-hydrogen) atoms. The van der Waals surface area contributed by atoms with E-state index in [0.717, 1.165) is 0 Å². The Balaban J connectivity index is 0. The summed E-state index contributed by atoms with van der Waals surface area (Å²) >= 11 is 0. The SMILES string of the molecule is CCOC(=O)c1c[c-]ccc1.[I-].[Mg+2]. The molecule has 2 nitrogen and oxygen atoms in total. The van der Waals surface area contributed by atoms with Gasteiger partial charge in [-0.15, -0.1) is 0 Å². The third-order valence-corrected chi connectivity index (χ3v) is 1.22. The van der Waals surface area contributed by atoms with E-state index in [-0.39, 0.29) is 53.0 Å². The maximum atomic E-state index is 11.0. The van der Waals surface area contributed by atoms with E-state index in [2.05, 4.69) is 6.07 Å². The van der Waals surface area contributed by atoms with Gasteiger partial charge in [-0.25, -0.2) is 0 Å². The summed E-state index contributed by atoms with van der Waals surface area (Å²) < 4.78 is 4.77. The van der Waals surface area contributed by atoms with Gasteiger partial charge in [0.1, 0.15) is 0 Å². The zero-order valence-corrected chi connectivity index (χ0v) is 11.0. The molecule has 0 bridgehead atoms. The molecule has 0 heterocycles. The van der Waals surface area contributed by atoms with Crippen LogP contribution in [0.25, 0.3) is 0 Å². The third kappa shape index (κ3) is 5.48. The molecular formula is C9H9IMgO2. The maximum Gasteiger partial charge on any atom is 2.00 e. The van der Waals surface area contributed by atoms with Crippen molar-refractivity contribution in [1.29, 1.82) is 0 Å². The Kier molecular flexibility index (Phi) is 10.6. The van der Waals surface area contributed by atoms with Crippen molar-refractivity contribution in [2.45, 2.75) is 6.92 Å². The molecule has 1 aromatic carbocycles. The molecule has 0 spiro atoms. The molecule has 4 heteroatoms. The second-order valence-electron chi connectivity index (χ2n) is 2.01. The molecule has 0 saturated carbocycles. The van der Waals surface area contributed by atoms with E-state index >= 15 is 0 Å². The quantitative estimate of drug-likeness (QED) is 0.281. The number of hydrogen-bond donors (Lipinski definition) is 0. The van der Waals surface area contributed by atoms with Gasteiger partial charge >= 0.3 is 23.1 Å². The fraction of sp³-hybridized carbons (Fsp3) is 0.222. The summed E-state index contributed by atoms with van der Waals surface area (Å²) in [6.07, 6.45) is 0. The van der Waals surface area contributed by atoms with Gasteiger partial charge in [0.05, 0.1) is 6.61 Å². The summed E-state index contributed by atoms with van der Waals surface area (Å²) in [5.74, 6) is -0.288. The first-order chi connectivity index (χ1) is 5.34. The number of benzene rings is 1. The first-order valence-electron chi connectivity index (χ1n) is 3.48. The number of hydrogen-bond acceptors (Lipinski definition) is 2. The van der Waals surface area contributed by atoms with Crippen molar-refractivity contribution >= 4 is 29.0 Å². The molecule has 66 valence electrons. The molecule has 0 N–H and O–H groups in total. The van der Waals surface area contributed by atoms with Crippen LogP contribution in [0.3, 0.4) is 0 Å². The van der Waals surface area contributed by atoms with Gasteiger partial charge in [0.25, 0.3) is 5.97 Å². The molecule has 0 atom stereocenters. The summed E-state index contributed by atoms with van der Waals surface area (Å²) in [5, 5.41) is 0. The van der Waals surface area contributed by atoms with Gasteiger partial charge in [-0.05, 0) is 6.92 Å². The van der Waals surface area contributed by atoms with Crippen molar-refractivity contribution in [3.63, 3.8) is 0 Å². The van der Waals surface area contributed by atoms with Crippen LogP contribution >= 0.6 is 0 Å². The summed E-state index contributed by atoms with van der Waals surface area (Å²) in [4.78, 5) is 11.0. The van der Waals surface area contributed by atoms with Crippen molar-refractivity contribution in [3.8, 4) is 0 Å². The van der Waals surface area contributed by atoms with E-state index < -0.39 is 0 Å². The number of esters is 1. The number of ether oxygens (including phenoxy) is 1. The van der Waals surface area contributed by atoms with Crippen LogP contribution in [-0.4, -0.2) is 35.6 Å². The van der Waals surface area contributed by atoms with Crippen LogP contribution in [0.15, 0.2) is 24.3 Å². The summed E-state index contributed by atoms with van der Waals surface area (Å²) in [6, 6.07) is 9.61. The second kappa shape index (κ2) is 8.77. The van der Waals surface area contributed by atoms with Crippen molar-refractivity contribution in [2.75, 3.05) is 6.61 Å². The minimum Gasteiger partial charge on any atom is -1.00 e. The van der Waals surface area contributed by atoms with Crippen molar-refractivity contribution in [3.05, 3.63) is 35.9 Å². The summed E-state index contributed by atoms with van der Waals surface area (Å²) in [6.45, 7) is 2.19. The van der Waals surface area contributed by atoms with Crippen LogP contribution in [0.5, 0.6) is 0 Å². The molecule has 0 fully saturated rings. The molecule has 0 amide bonds. The van der Waals surface area contributed by atoms with E-state index in [0.29, 0.717) is 12.2 Å². The average Bonchev–Trinajstić information content (AvgIpc) is 2.07. The van der Waals surface area contributed by atoms with E-state index in [9.17, 15) is 4.79 Å². The van der Waals surface area contributed by atoms with Crippen molar-refractivity contribution < 1.29 is 33.5 Å². The molecular weight excluding hydrogens is 291 g/mol. The zero-order valence-electron chi connectivity index (χ0n) is 7.42. The third-order valence-electron chi connectivity index (χ3n) is 1.22. The Morgan fingerprint density at radius 2 is 2.31 bits per heavy atom. The normalized spacial score (nSPS) is 7.77. The minimum absolute atomic E-state index is 0. The molecule has 0 aliphatic heterocycles. The van der Waals surface area contributed by atoms with Gasteiger partial charge in [-0.1, -0.05) is 5.56 Å². The predicted molar refractivity (Wildman–Crippen MR) is 47.0 cm³/mol. The van der Waals surface area contributed by atoms with E-state index in [1.165, 1.54) is 0 Å². The van der Waals surface area contributed by atoms with Crippen molar-refractivity contribution in [2.24, 2.45) is 0 Å². The first kappa shape index (κ1) is 15.6. The van der Waals surface area contributed by atoms with Crippen LogP contribution in [0.4, 0.5) is 0 Å². The molecule has 0 saturated heterocycles. The van der Waals surface area contributed by atoms with Crippen LogP contribution in [0.2, 0.25) is 0 Å². The maximum absolute atomic E-state index is 11.0. The fourth-order valence-corrected chi connectivity index (χ4v) is 0.735. The summed E-state index contributed by atoms with van der Waals surface area (Å²) in [7, 11) is 0. The van der Waals surface area contributed by atoms with Crippen LogP contribution < -0.4 is 24.0 Å². The number of carbonyl (C=O) groups excluding carboxylic acids is 1. The molecule has 0 unspecified atom stereocenters. The number of carbonyl (C=O) groups is 1. The predicted octanol–water partition coefficient (Wildman–Crippen LogP) is -1.71. The molecule has 0 aromatic heterocycles. The van der Waals surface area contributed by atoms with Gasteiger partial charge in [0.15, 0.2) is 0 Å². The molecule has 0 radical (unpaired) electrons. The smallest absolute Gasteiger partial charge is 1.00 e. The van der Waals surface area contributed by atoms with Crippen LogP contribution in [0, 0.1) is 6.07 Å². The van der Waals surface area contributed by atoms with Crippen LogP contribution in [-0.2, 0) is 4.74 Å². The Morgan fingerprint density at radius 3 is 2.77 bits per heavy atom. The zero-order chi connectivity index (χ0) is 8.10. The Morgan fingerprint density at radius 1 is 1.62 bits per heavy atom. The van der Waals surface area contributed by atoms with Gasteiger partial charge < -0.3 is 28.7 Å². The van der Waals surface area contributed by atoms with E-state index in [1.54, 1.807) is 31.2 Å².